The Morgan fingerprint density at radius 1 is 1.29 bits per heavy atom. The molecule has 2 heterocycles. The van der Waals surface area contributed by atoms with Crippen LogP contribution < -0.4 is 16.2 Å². The zero-order valence-corrected chi connectivity index (χ0v) is 9.61. The number of H-pyrrole nitrogens is 1. The summed E-state index contributed by atoms with van der Waals surface area (Å²) >= 11 is 0. The molecule has 0 fully saturated rings. The van der Waals surface area contributed by atoms with E-state index in [9.17, 15) is 4.79 Å². The molecule has 0 unspecified atom stereocenters. The minimum Gasteiger partial charge on any atom is -0.384 e. The predicted molar refractivity (Wildman–Crippen MR) is 67.2 cm³/mol. The van der Waals surface area contributed by atoms with Gasteiger partial charge in [-0.05, 0) is 12.1 Å². The zero-order valence-electron chi connectivity index (χ0n) is 9.61. The van der Waals surface area contributed by atoms with E-state index in [1.54, 1.807) is 38.6 Å². The van der Waals surface area contributed by atoms with Crippen molar-refractivity contribution in [3.63, 3.8) is 0 Å². The van der Waals surface area contributed by atoms with Crippen LogP contribution in [0.1, 0.15) is 0 Å². The lowest BCUT2D eigenvalue weighted by Gasteiger charge is -2.05. The van der Waals surface area contributed by atoms with Crippen LogP contribution in [0.4, 0.5) is 11.6 Å². The molecule has 17 heavy (non-hydrogen) atoms. The van der Waals surface area contributed by atoms with Gasteiger partial charge in [0, 0.05) is 32.1 Å². The third-order valence-electron chi connectivity index (χ3n) is 2.35. The Morgan fingerprint density at radius 2 is 2.12 bits per heavy atom. The van der Waals surface area contributed by atoms with Crippen LogP contribution in [0.15, 0.2) is 29.3 Å². The Labute approximate surface area is 98.1 Å². The summed E-state index contributed by atoms with van der Waals surface area (Å²) in [6.45, 7) is 0. The molecule has 0 amide bonds. The molecule has 0 aromatic carbocycles. The predicted octanol–water partition coefficient (Wildman–Crippen LogP) is 0.915. The highest BCUT2D eigenvalue weighted by atomic mass is 16.1. The maximum atomic E-state index is 11.4. The molecule has 0 saturated carbocycles. The lowest BCUT2D eigenvalue weighted by atomic mass is 10.2. The quantitative estimate of drug-likeness (QED) is 0.731. The lowest BCUT2D eigenvalue weighted by molar-refractivity contribution is 1.14. The second-order valence-electron chi connectivity index (χ2n) is 3.40. The lowest BCUT2D eigenvalue weighted by Crippen LogP contribution is -2.11. The van der Waals surface area contributed by atoms with Crippen LogP contribution in [0.5, 0.6) is 0 Å². The maximum Gasteiger partial charge on any atom is 0.271 e. The molecule has 0 aliphatic carbocycles. The van der Waals surface area contributed by atoms with E-state index in [-0.39, 0.29) is 5.56 Å². The van der Waals surface area contributed by atoms with Gasteiger partial charge in [0.05, 0.1) is 5.69 Å². The van der Waals surface area contributed by atoms with Crippen molar-refractivity contribution in [3.8, 4) is 11.3 Å². The fourth-order valence-electron chi connectivity index (χ4n) is 1.46. The maximum absolute atomic E-state index is 11.4. The summed E-state index contributed by atoms with van der Waals surface area (Å²) in [6, 6.07) is 3.54. The molecule has 0 aliphatic heterocycles. The number of anilines is 2. The highest BCUT2D eigenvalue weighted by molar-refractivity contribution is 5.63. The summed E-state index contributed by atoms with van der Waals surface area (Å²) in [5, 5.41) is 5.70. The Hall–Kier alpha value is -2.37. The average Bonchev–Trinajstić information content (AvgIpc) is 2.39. The van der Waals surface area contributed by atoms with Gasteiger partial charge in [-0.1, -0.05) is 0 Å². The van der Waals surface area contributed by atoms with Gasteiger partial charge in [-0.15, -0.1) is 0 Å². The van der Waals surface area contributed by atoms with Crippen LogP contribution in [0.25, 0.3) is 11.3 Å². The van der Waals surface area contributed by atoms with Crippen LogP contribution in [0.3, 0.4) is 0 Å². The van der Waals surface area contributed by atoms with E-state index in [4.69, 9.17) is 0 Å². The minimum atomic E-state index is -0.154. The van der Waals surface area contributed by atoms with Gasteiger partial charge in [0.15, 0.2) is 0 Å². The highest BCUT2D eigenvalue weighted by Gasteiger charge is 2.04. The normalized spacial score (nSPS) is 10.0. The number of nitrogens with zero attached hydrogens (tertiary/aromatic N) is 2. The molecule has 3 N–H and O–H groups in total. The fraction of sp³-hybridized carbons (Fsp3) is 0.182. The minimum absolute atomic E-state index is 0.154. The summed E-state index contributed by atoms with van der Waals surface area (Å²) in [4.78, 5) is 22.4. The monoisotopic (exact) mass is 231 g/mol. The van der Waals surface area contributed by atoms with Crippen molar-refractivity contribution in [2.75, 3.05) is 24.7 Å². The Bertz CT molecular complexity index is 578. The summed E-state index contributed by atoms with van der Waals surface area (Å²) in [7, 11) is 3.46. The topological polar surface area (TPSA) is 82.7 Å². The number of hydrogen-bond donors (Lipinski definition) is 3. The summed E-state index contributed by atoms with van der Waals surface area (Å²) in [5.74, 6) is 0.541. The second-order valence-corrected chi connectivity index (χ2v) is 3.40. The van der Waals surface area contributed by atoms with E-state index in [2.05, 4.69) is 25.6 Å². The van der Waals surface area contributed by atoms with E-state index in [1.807, 2.05) is 0 Å². The molecule has 0 spiro atoms. The van der Waals surface area contributed by atoms with Gasteiger partial charge >= 0.3 is 0 Å². The molecule has 0 aliphatic rings. The van der Waals surface area contributed by atoms with Crippen LogP contribution in [0.2, 0.25) is 0 Å². The largest absolute Gasteiger partial charge is 0.384 e. The Morgan fingerprint density at radius 3 is 2.82 bits per heavy atom. The average molecular weight is 231 g/mol. The van der Waals surface area contributed by atoms with E-state index >= 15 is 0 Å². The van der Waals surface area contributed by atoms with Gasteiger partial charge in [0.25, 0.3) is 5.56 Å². The summed E-state index contributed by atoms with van der Waals surface area (Å²) in [5.41, 5.74) is 1.93. The molecule has 6 nitrogen and oxygen atoms in total. The SMILES string of the molecule is CNc1nccc(-c2c[nH]c(=O)c(NC)c2)n1. The molecular weight excluding hydrogens is 218 g/mol. The Balaban J connectivity index is 2.48. The van der Waals surface area contributed by atoms with Crippen molar-refractivity contribution in [2.45, 2.75) is 0 Å². The smallest absolute Gasteiger partial charge is 0.271 e. The number of nitrogens with one attached hydrogen (secondary N) is 3. The van der Waals surface area contributed by atoms with Crippen LogP contribution >= 0.6 is 0 Å². The van der Waals surface area contributed by atoms with Crippen LogP contribution in [-0.2, 0) is 0 Å². The van der Waals surface area contributed by atoms with E-state index in [1.165, 1.54) is 0 Å². The molecule has 2 aromatic rings. The van der Waals surface area contributed by atoms with Crippen molar-refractivity contribution in [1.82, 2.24) is 15.0 Å². The summed E-state index contributed by atoms with van der Waals surface area (Å²) in [6.07, 6.45) is 3.29. The number of rotatable bonds is 3. The van der Waals surface area contributed by atoms with Crippen molar-refractivity contribution in [2.24, 2.45) is 0 Å². The molecule has 0 atom stereocenters. The Kier molecular flexibility index (Phi) is 3.04. The molecular formula is C11H13N5O. The first-order valence-electron chi connectivity index (χ1n) is 5.16. The molecule has 0 radical (unpaired) electrons. The molecule has 0 bridgehead atoms. The molecule has 0 saturated heterocycles. The van der Waals surface area contributed by atoms with Crippen molar-refractivity contribution in [3.05, 3.63) is 34.9 Å². The van der Waals surface area contributed by atoms with E-state index in [0.717, 1.165) is 11.3 Å². The highest BCUT2D eigenvalue weighted by Crippen LogP contribution is 2.17. The summed E-state index contributed by atoms with van der Waals surface area (Å²) < 4.78 is 0. The standard InChI is InChI=1S/C11H13N5O/c1-12-9-5-7(6-15-10(9)17)8-3-4-14-11(13-2)16-8/h3-6,12H,1-2H3,(H,15,17)(H,13,14,16). The number of hydrogen-bond acceptors (Lipinski definition) is 5. The van der Waals surface area contributed by atoms with Crippen molar-refractivity contribution in [1.29, 1.82) is 0 Å². The third kappa shape index (κ3) is 2.25. The van der Waals surface area contributed by atoms with Gasteiger partial charge in [-0.3, -0.25) is 4.79 Å². The van der Waals surface area contributed by atoms with Gasteiger partial charge in [-0.2, -0.15) is 0 Å². The van der Waals surface area contributed by atoms with Gasteiger partial charge < -0.3 is 15.6 Å². The first-order valence-corrected chi connectivity index (χ1v) is 5.16. The molecule has 88 valence electrons. The third-order valence-corrected chi connectivity index (χ3v) is 2.35. The van der Waals surface area contributed by atoms with E-state index < -0.39 is 0 Å². The molecule has 2 rings (SSSR count). The van der Waals surface area contributed by atoms with Crippen molar-refractivity contribution < 1.29 is 0 Å². The molecule has 6 heteroatoms. The van der Waals surface area contributed by atoms with Gasteiger partial charge in [0.2, 0.25) is 5.95 Å². The van der Waals surface area contributed by atoms with Gasteiger partial charge in [-0.25, -0.2) is 9.97 Å². The zero-order chi connectivity index (χ0) is 12.3. The number of aromatic amines is 1. The first kappa shape index (κ1) is 11.1. The fourth-order valence-corrected chi connectivity index (χ4v) is 1.46. The van der Waals surface area contributed by atoms with Crippen LogP contribution in [0, 0.1) is 0 Å². The molecule has 2 aromatic heterocycles. The van der Waals surface area contributed by atoms with E-state index in [0.29, 0.717) is 11.6 Å². The van der Waals surface area contributed by atoms with Gasteiger partial charge in [0.1, 0.15) is 5.69 Å². The second kappa shape index (κ2) is 4.65. The van der Waals surface area contributed by atoms with Crippen molar-refractivity contribution >= 4 is 11.6 Å². The number of pyridine rings is 1. The van der Waals surface area contributed by atoms with Crippen LogP contribution in [-0.4, -0.2) is 29.0 Å². The first-order chi connectivity index (χ1) is 8.24. The number of aromatic nitrogens is 3.